The second kappa shape index (κ2) is 9.84. The lowest BCUT2D eigenvalue weighted by Gasteiger charge is -2.22. The highest BCUT2D eigenvalue weighted by Gasteiger charge is 2.20. The predicted molar refractivity (Wildman–Crippen MR) is 119 cm³/mol. The van der Waals surface area contributed by atoms with Crippen molar-refractivity contribution in [3.63, 3.8) is 0 Å². The fourth-order valence-corrected chi connectivity index (χ4v) is 3.77. The molecule has 0 bridgehead atoms. The number of nitrogens with two attached hydrogens (primary N) is 2. The molecule has 8 nitrogen and oxygen atoms in total. The van der Waals surface area contributed by atoms with Crippen LogP contribution in [0, 0.1) is 0 Å². The topological polar surface area (TPSA) is 120 Å². The third-order valence-electron chi connectivity index (χ3n) is 4.11. The number of benzene rings is 2. The molecular weight excluding hydrogens is 447 g/mol. The number of thioether (sulfide) groups is 1. The van der Waals surface area contributed by atoms with Crippen molar-refractivity contribution in [2.75, 3.05) is 23.0 Å². The zero-order chi connectivity index (χ0) is 21.7. The van der Waals surface area contributed by atoms with Gasteiger partial charge >= 0.3 is 0 Å². The van der Waals surface area contributed by atoms with E-state index in [-0.39, 0.29) is 24.6 Å². The molecule has 0 unspecified atom stereocenters. The van der Waals surface area contributed by atoms with Crippen LogP contribution >= 0.6 is 35.0 Å². The molecule has 1 aromatic heterocycles. The molecule has 0 aliphatic carbocycles. The number of carbonyl (C=O) groups excluding carboxylic acids is 2. The van der Waals surface area contributed by atoms with Crippen molar-refractivity contribution in [2.24, 2.45) is 5.73 Å². The first-order valence-corrected chi connectivity index (χ1v) is 10.5. The molecule has 1 heterocycles. The van der Waals surface area contributed by atoms with Gasteiger partial charge in [0.2, 0.25) is 17.0 Å². The van der Waals surface area contributed by atoms with Crippen molar-refractivity contribution in [2.45, 2.75) is 11.6 Å². The predicted octanol–water partition coefficient (Wildman–Crippen LogP) is 2.97. The van der Waals surface area contributed by atoms with E-state index >= 15 is 0 Å². The van der Waals surface area contributed by atoms with Crippen molar-refractivity contribution < 1.29 is 9.59 Å². The summed E-state index contributed by atoms with van der Waals surface area (Å²) in [7, 11) is 0. The van der Waals surface area contributed by atoms with Gasteiger partial charge in [-0.15, -0.1) is 10.2 Å². The van der Waals surface area contributed by atoms with Gasteiger partial charge in [0.1, 0.15) is 0 Å². The summed E-state index contributed by atoms with van der Waals surface area (Å²) in [6.07, 6.45) is 0.0514. The average molecular weight is 465 g/mol. The highest BCUT2D eigenvalue weighted by atomic mass is 35.5. The van der Waals surface area contributed by atoms with Gasteiger partial charge in [0, 0.05) is 29.2 Å². The van der Waals surface area contributed by atoms with Gasteiger partial charge in [-0.05, 0) is 30.3 Å². The number of halogens is 2. The molecule has 30 heavy (non-hydrogen) atoms. The second-order valence-electron chi connectivity index (χ2n) is 6.19. The molecule has 0 aliphatic heterocycles. The molecule has 0 saturated carbocycles. The standard InChI is InChI=1S/C19H18Cl2N6O2S/c20-12-6-7-15(21)14(10-12)18-24-25-19(27(18)23)30-11-17(29)26(9-8-16(22)28)13-4-2-1-3-5-13/h1-7,10H,8-9,11,23H2,(H2,22,28). The van der Waals surface area contributed by atoms with Gasteiger partial charge in [0.15, 0.2) is 5.82 Å². The highest BCUT2D eigenvalue weighted by Crippen LogP contribution is 2.30. The molecule has 3 rings (SSSR count). The maximum Gasteiger partial charge on any atom is 0.237 e. The van der Waals surface area contributed by atoms with Crippen LogP contribution < -0.4 is 16.5 Å². The molecular formula is C19H18Cl2N6O2S. The molecule has 2 aromatic carbocycles. The zero-order valence-corrected chi connectivity index (χ0v) is 18.0. The zero-order valence-electron chi connectivity index (χ0n) is 15.7. The second-order valence-corrected chi connectivity index (χ2v) is 7.97. The Morgan fingerprint density at radius 3 is 2.53 bits per heavy atom. The van der Waals surface area contributed by atoms with E-state index in [0.717, 1.165) is 11.8 Å². The lowest BCUT2D eigenvalue weighted by Crippen LogP contribution is -2.35. The molecule has 156 valence electrons. The highest BCUT2D eigenvalue weighted by molar-refractivity contribution is 7.99. The number of nitrogen functional groups attached to an aromatic ring is 1. The van der Waals surface area contributed by atoms with E-state index in [9.17, 15) is 9.59 Å². The van der Waals surface area contributed by atoms with Crippen LogP contribution in [-0.4, -0.2) is 39.0 Å². The van der Waals surface area contributed by atoms with Crippen LogP contribution in [0.25, 0.3) is 11.4 Å². The van der Waals surface area contributed by atoms with Gasteiger partial charge < -0.3 is 16.5 Å². The lowest BCUT2D eigenvalue weighted by atomic mass is 10.2. The summed E-state index contributed by atoms with van der Waals surface area (Å²) in [6, 6.07) is 14.0. The molecule has 0 fully saturated rings. The van der Waals surface area contributed by atoms with Gasteiger partial charge in [-0.2, -0.15) is 0 Å². The summed E-state index contributed by atoms with van der Waals surface area (Å²) < 4.78 is 1.26. The molecule has 0 spiro atoms. The van der Waals surface area contributed by atoms with Crippen LogP contribution in [0.15, 0.2) is 53.7 Å². The Morgan fingerprint density at radius 2 is 1.83 bits per heavy atom. The summed E-state index contributed by atoms with van der Waals surface area (Å²) in [5.41, 5.74) is 6.45. The number of primary amides is 1. The Balaban J connectivity index is 1.75. The van der Waals surface area contributed by atoms with Crippen LogP contribution in [0.2, 0.25) is 10.0 Å². The van der Waals surface area contributed by atoms with Gasteiger partial charge in [0.05, 0.1) is 10.8 Å². The van der Waals surface area contributed by atoms with E-state index in [0.29, 0.717) is 32.3 Å². The van der Waals surface area contributed by atoms with Crippen molar-refractivity contribution in [1.29, 1.82) is 0 Å². The van der Waals surface area contributed by atoms with Gasteiger partial charge in [0.25, 0.3) is 0 Å². The van der Waals surface area contributed by atoms with Crippen LogP contribution in [0.1, 0.15) is 6.42 Å². The first-order valence-electron chi connectivity index (χ1n) is 8.79. The van der Waals surface area contributed by atoms with Gasteiger partial charge in [-0.3, -0.25) is 9.59 Å². The molecule has 11 heteroatoms. The third-order valence-corrected chi connectivity index (χ3v) is 5.60. The molecule has 0 aliphatic rings. The maximum atomic E-state index is 12.8. The quantitative estimate of drug-likeness (QED) is 0.390. The number of amides is 2. The van der Waals surface area contributed by atoms with E-state index < -0.39 is 5.91 Å². The van der Waals surface area contributed by atoms with Crippen LogP contribution in [0.3, 0.4) is 0 Å². The largest absolute Gasteiger partial charge is 0.370 e. The Bertz CT molecular complexity index is 1060. The molecule has 2 amide bonds. The smallest absolute Gasteiger partial charge is 0.237 e. The summed E-state index contributed by atoms with van der Waals surface area (Å²) in [4.78, 5) is 25.5. The summed E-state index contributed by atoms with van der Waals surface area (Å²) in [5.74, 6) is 5.76. The van der Waals surface area contributed by atoms with Gasteiger partial charge in [-0.1, -0.05) is 53.2 Å². The number of aromatic nitrogens is 3. The maximum absolute atomic E-state index is 12.8. The first-order chi connectivity index (χ1) is 14.4. The van der Waals surface area contributed by atoms with Crippen LogP contribution in [-0.2, 0) is 9.59 Å². The lowest BCUT2D eigenvalue weighted by molar-refractivity contribution is -0.118. The summed E-state index contributed by atoms with van der Waals surface area (Å²) in [6.45, 7) is 0.178. The fourth-order valence-electron chi connectivity index (χ4n) is 2.66. The first kappa shape index (κ1) is 21.9. The SMILES string of the molecule is NC(=O)CCN(C(=O)CSc1nnc(-c2cc(Cl)ccc2Cl)n1N)c1ccccc1. The minimum Gasteiger partial charge on any atom is -0.370 e. The summed E-state index contributed by atoms with van der Waals surface area (Å²) >= 11 is 13.4. The Morgan fingerprint density at radius 1 is 1.10 bits per heavy atom. The Kier molecular flexibility index (Phi) is 7.20. The van der Waals surface area contributed by atoms with Crippen molar-refractivity contribution in [1.82, 2.24) is 14.9 Å². The van der Waals surface area contributed by atoms with Gasteiger partial charge in [-0.25, -0.2) is 4.68 Å². The van der Waals surface area contributed by atoms with Crippen LogP contribution in [0.5, 0.6) is 0 Å². The number of carbonyl (C=O) groups is 2. The molecule has 3 aromatic rings. The fraction of sp³-hybridized carbons (Fsp3) is 0.158. The molecule has 0 atom stereocenters. The number of para-hydroxylation sites is 1. The van der Waals surface area contributed by atoms with E-state index in [1.165, 1.54) is 9.58 Å². The molecule has 0 radical (unpaired) electrons. The number of nitrogens with zero attached hydrogens (tertiary/aromatic N) is 4. The molecule has 0 saturated heterocycles. The van der Waals surface area contributed by atoms with E-state index in [1.807, 2.05) is 18.2 Å². The average Bonchev–Trinajstić information content (AvgIpc) is 3.09. The monoisotopic (exact) mass is 464 g/mol. The number of hydrogen-bond donors (Lipinski definition) is 2. The van der Waals surface area contributed by atoms with Crippen molar-refractivity contribution in [3.05, 3.63) is 58.6 Å². The Hall–Kier alpha value is -2.75. The van der Waals surface area contributed by atoms with E-state index in [2.05, 4.69) is 10.2 Å². The van der Waals surface area contributed by atoms with Crippen molar-refractivity contribution >= 4 is 52.5 Å². The summed E-state index contributed by atoms with van der Waals surface area (Å²) in [5, 5.41) is 9.35. The number of anilines is 1. The minimum absolute atomic E-state index is 0.0340. The van der Waals surface area contributed by atoms with E-state index in [4.69, 9.17) is 34.8 Å². The van der Waals surface area contributed by atoms with Crippen molar-refractivity contribution in [3.8, 4) is 11.4 Å². The number of hydrogen-bond acceptors (Lipinski definition) is 6. The Labute approximate surface area is 187 Å². The minimum atomic E-state index is -0.485. The van der Waals surface area contributed by atoms with E-state index in [1.54, 1.807) is 30.3 Å². The number of rotatable bonds is 8. The normalized spacial score (nSPS) is 10.7. The van der Waals surface area contributed by atoms with Crippen LogP contribution in [0.4, 0.5) is 5.69 Å². The third kappa shape index (κ3) is 5.24. The molecule has 4 N–H and O–H groups in total.